The fraction of sp³-hybridized carbons (Fsp3) is 0.471. The number of carbonyl (C=O) groups excluding carboxylic acids is 1. The van der Waals surface area contributed by atoms with Crippen LogP contribution in [0.25, 0.3) is 0 Å². The standard InChI is InChI=1S/C17H18Cl5N3OS/c18-10-7-8-12(13(19)9-10)14(26)24-15(17(20,21)22)25-16(27)23-11-5-3-1-2-4-6-11/h7-9,15H,1-6H2,(H,24,26)(H,25,27)/t15-/m1/s1. The largest absolute Gasteiger partial charge is 0.337 e. The highest BCUT2D eigenvalue weighted by molar-refractivity contribution is 7.80. The van der Waals surface area contributed by atoms with Crippen LogP contribution in [0.5, 0.6) is 0 Å². The van der Waals surface area contributed by atoms with E-state index in [1.54, 1.807) is 6.07 Å². The van der Waals surface area contributed by atoms with Gasteiger partial charge in [-0.15, -0.1) is 0 Å². The van der Waals surface area contributed by atoms with Gasteiger partial charge in [-0.2, -0.15) is 0 Å². The summed E-state index contributed by atoms with van der Waals surface area (Å²) in [6.45, 7) is 0. The lowest BCUT2D eigenvalue weighted by Crippen LogP contribution is -2.54. The molecule has 1 atom stereocenters. The van der Waals surface area contributed by atoms with Crippen molar-refractivity contribution in [2.24, 2.45) is 4.99 Å². The average Bonchev–Trinajstić information content (AvgIpc) is 2.81. The van der Waals surface area contributed by atoms with Crippen molar-refractivity contribution in [1.29, 1.82) is 0 Å². The zero-order valence-corrected chi connectivity index (χ0v) is 18.8. The van der Waals surface area contributed by atoms with Gasteiger partial charge in [0.15, 0.2) is 5.11 Å². The lowest BCUT2D eigenvalue weighted by molar-refractivity contribution is 0.0934. The molecule has 0 bridgehead atoms. The Labute approximate surface area is 188 Å². The first kappa shape index (κ1) is 23.0. The molecule has 1 aromatic carbocycles. The maximum atomic E-state index is 12.5. The topological polar surface area (TPSA) is 53.5 Å². The summed E-state index contributed by atoms with van der Waals surface area (Å²) in [7, 11) is 0. The van der Waals surface area contributed by atoms with Gasteiger partial charge in [0.1, 0.15) is 6.17 Å². The van der Waals surface area contributed by atoms with E-state index >= 15 is 0 Å². The van der Waals surface area contributed by atoms with Gasteiger partial charge in [-0.1, -0.05) is 70.8 Å². The molecule has 10 heteroatoms. The van der Waals surface area contributed by atoms with Gasteiger partial charge in [0.25, 0.3) is 5.91 Å². The highest BCUT2D eigenvalue weighted by Crippen LogP contribution is 2.30. The zero-order valence-electron chi connectivity index (χ0n) is 14.2. The second kappa shape index (κ2) is 10.5. The summed E-state index contributed by atoms with van der Waals surface area (Å²) in [5, 5.41) is 6.14. The lowest BCUT2D eigenvalue weighted by atomic mass is 10.2. The van der Waals surface area contributed by atoms with Gasteiger partial charge in [-0.3, -0.25) is 4.79 Å². The van der Waals surface area contributed by atoms with Gasteiger partial charge < -0.3 is 10.6 Å². The normalized spacial score (nSPS) is 16.3. The first-order valence-corrected chi connectivity index (χ1v) is 10.7. The van der Waals surface area contributed by atoms with Crippen LogP contribution < -0.4 is 10.6 Å². The molecule has 0 unspecified atom stereocenters. The van der Waals surface area contributed by atoms with E-state index in [1.807, 2.05) is 0 Å². The second-order valence-corrected chi connectivity index (χ2v) is 9.71. The molecule has 4 nitrogen and oxygen atoms in total. The Morgan fingerprint density at radius 2 is 1.70 bits per heavy atom. The lowest BCUT2D eigenvalue weighted by Gasteiger charge is -2.27. The molecule has 1 amide bonds. The number of hydrogen-bond acceptors (Lipinski definition) is 2. The number of nitrogens with one attached hydrogen (secondary N) is 2. The molecule has 1 aromatic rings. The Morgan fingerprint density at radius 1 is 1.07 bits per heavy atom. The Kier molecular flexibility index (Phi) is 8.91. The van der Waals surface area contributed by atoms with Crippen LogP contribution in [0.15, 0.2) is 23.2 Å². The summed E-state index contributed by atoms with van der Waals surface area (Å²) in [4.78, 5) is 16.9. The van der Waals surface area contributed by atoms with Crippen LogP contribution >= 0.6 is 70.2 Å². The molecule has 0 heterocycles. The molecule has 0 saturated heterocycles. The predicted molar refractivity (Wildman–Crippen MR) is 119 cm³/mol. The van der Waals surface area contributed by atoms with Crippen LogP contribution in [-0.2, 0) is 0 Å². The summed E-state index contributed by atoms with van der Waals surface area (Å²) in [6.07, 6.45) is 5.24. The van der Waals surface area contributed by atoms with Gasteiger partial charge in [0, 0.05) is 10.7 Å². The maximum Gasteiger partial charge on any atom is 0.254 e. The minimum atomic E-state index is -1.86. The van der Waals surface area contributed by atoms with E-state index in [1.165, 1.54) is 25.0 Å². The van der Waals surface area contributed by atoms with Gasteiger partial charge in [-0.25, -0.2) is 4.99 Å². The Balaban J connectivity index is 2.09. The molecule has 1 fully saturated rings. The number of rotatable bonds is 3. The smallest absolute Gasteiger partial charge is 0.254 e. The van der Waals surface area contributed by atoms with Gasteiger partial charge >= 0.3 is 0 Å². The molecule has 148 valence electrons. The predicted octanol–water partition coefficient (Wildman–Crippen LogP) is 6.09. The van der Waals surface area contributed by atoms with Crippen LogP contribution in [0, 0.1) is 0 Å². The first-order valence-electron chi connectivity index (χ1n) is 8.36. The zero-order chi connectivity index (χ0) is 20.0. The molecule has 0 radical (unpaired) electrons. The summed E-state index contributed by atoms with van der Waals surface area (Å²) >= 11 is 35.2. The van der Waals surface area contributed by atoms with Crippen molar-refractivity contribution in [3.05, 3.63) is 33.8 Å². The number of thiocarbonyl (C=S) groups is 1. The summed E-state index contributed by atoms with van der Waals surface area (Å²) in [5.74, 6) is -0.537. The molecule has 27 heavy (non-hydrogen) atoms. The molecule has 1 aliphatic carbocycles. The maximum absolute atomic E-state index is 12.5. The molecule has 0 aromatic heterocycles. The first-order chi connectivity index (χ1) is 12.7. The van der Waals surface area contributed by atoms with E-state index in [2.05, 4.69) is 15.6 Å². The van der Waals surface area contributed by atoms with Crippen LogP contribution in [0.4, 0.5) is 0 Å². The fourth-order valence-electron chi connectivity index (χ4n) is 2.63. The third-order valence-corrected chi connectivity index (χ3v) is 5.40. The minimum Gasteiger partial charge on any atom is -0.337 e. The number of benzene rings is 1. The molecule has 0 spiro atoms. The van der Waals surface area contributed by atoms with Gasteiger partial charge in [0.05, 0.1) is 10.6 Å². The highest BCUT2D eigenvalue weighted by atomic mass is 35.6. The second-order valence-electron chi connectivity index (χ2n) is 6.11. The van der Waals surface area contributed by atoms with E-state index in [4.69, 9.17) is 70.2 Å². The van der Waals surface area contributed by atoms with E-state index in [0.29, 0.717) is 5.02 Å². The molecule has 2 N–H and O–H groups in total. The number of nitrogens with zero attached hydrogens (tertiary/aromatic N) is 1. The molecule has 0 aliphatic heterocycles. The molecule has 1 aliphatic rings. The monoisotopic (exact) mass is 487 g/mol. The Hall–Kier alpha value is -0.300. The molecular weight excluding hydrogens is 472 g/mol. The third-order valence-electron chi connectivity index (χ3n) is 3.99. The van der Waals surface area contributed by atoms with Gasteiger partial charge in [0.2, 0.25) is 3.79 Å². The summed E-state index contributed by atoms with van der Waals surface area (Å²) in [5.41, 5.74) is 1.21. The highest BCUT2D eigenvalue weighted by Gasteiger charge is 2.35. The van der Waals surface area contributed by atoms with Crippen LogP contribution in [0.2, 0.25) is 10.0 Å². The van der Waals surface area contributed by atoms with Crippen molar-refractivity contribution in [3.8, 4) is 0 Å². The fourth-order valence-corrected chi connectivity index (χ4v) is 3.70. The SMILES string of the molecule is O=C(N[C@H](NC(=S)N=C1CCCCCC1)C(Cl)(Cl)Cl)c1ccc(Cl)cc1Cl. The summed E-state index contributed by atoms with van der Waals surface area (Å²) < 4.78 is -1.86. The van der Waals surface area contributed by atoms with Crippen molar-refractivity contribution < 1.29 is 4.79 Å². The van der Waals surface area contributed by atoms with E-state index < -0.39 is 15.9 Å². The van der Waals surface area contributed by atoms with Gasteiger partial charge in [-0.05, 0) is 56.1 Å². The quantitative estimate of drug-likeness (QED) is 0.234. The Bertz CT molecular complexity index is 726. The van der Waals surface area contributed by atoms with E-state index in [0.717, 1.165) is 31.4 Å². The number of hydrogen-bond donors (Lipinski definition) is 2. The van der Waals surface area contributed by atoms with Crippen molar-refractivity contribution in [2.75, 3.05) is 0 Å². The van der Waals surface area contributed by atoms with Crippen molar-refractivity contribution in [3.63, 3.8) is 0 Å². The number of alkyl halides is 3. The molecule has 1 saturated carbocycles. The number of aliphatic imine (C=N–C) groups is 1. The number of halogens is 5. The average molecular weight is 490 g/mol. The van der Waals surface area contributed by atoms with Crippen molar-refractivity contribution in [1.82, 2.24) is 10.6 Å². The van der Waals surface area contributed by atoms with E-state index in [-0.39, 0.29) is 15.7 Å². The molecular formula is C17H18Cl5N3OS. The number of amides is 1. The Morgan fingerprint density at radius 3 is 2.26 bits per heavy atom. The van der Waals surface area contributed by atoms with Crippen LogP contribution in [0.1, 0.15) is 48.9 Å². The minimum absolute atomic E-state index is 0.158. The molecule has 2 rings (SSSR count). The van der Waals surface area contributed by atoms with Crippen LogP contribution in [0.3, 0.4) is 0 Å². The third kappa shape index (κ3) is 7.56. The summed E-state index contributed by atoms with van der Waals surface area (Å²) in [6, 6.07) is 4.49. The van der Waals surface area contributed by atoms with Crippen molar-refractivity contribution in [2.45, 2.75) is 48.5 Å². The van der Waals surface area contributed by atoms with E-state index in [9.17, 15) is 4.79 Å². The van der Waals surface area contributed by atoms with Crippen LogP contribution in [-0.4, -0.2) is 26.7 Å². The number of carbonyl (C=O) groups is 1. The van der Waals surface area contributed by atoms with Crippen molar-refractivity contribution >= 4 is 87.0 Å².